The van der Waals surface area contributed by atoms with Crippen LogP contribution in [0.1, 0.15) is 28.0 Å². The topological polar surface area (TPSA) is 56.2 Å². The van der Waals surface area contributed by atoms with E-state index in [1.165, 1.54) is 16.0 Å². The maximum atomic E-state index is 13.7. The quantitative estimate of drug-likeness (QED) is 0.357. The Morgan fingerprint density at radius 3 is 2.77 bits per heavy atom. The lowest BCUT2D eigenvalue weighted by atomic mass is 9.93. The summed E-state index contributed by atoms with van der Waals surface area (Å²) in [5.41, 5.74) is 3.53. The molecule has 6 heteroatoms. The van der Waals surface area contributed by atoms with E-state index in [1.54, 1.807) is 29.3 Å². The van der Waals surface area contributed by atoms with Crippen molar-refractivity contribution in [1.82, 2.24) is 14.9 Å². The lowest BCUT2D eigenvalue weighted by Crippen LogP contribution is -2.33. The first-order valence-corrected chi connectivity index (χ1v) is 12.8. The van der Waals surface area contributed by atoms with Crippen molar-refractivity contribution in [1.29, 1.82) is 0 Å². The maximum Gasteiger partial charge on any atom is 0.262 e. The third kappa shape index (κ3) is 4.13. The fourth-order valence-corrected chi connectivity index (χ4v) is 6.44. The predicted molar refractivity (Wildman–Crippen MR) is 143 cm³/mol. The summed E-state index contributed by atoms with van der Waals surface area (Å²) in [6, 6.07) is 23.2. The van der Waals surface area contributed by atoms with E-state index in [-0.39, 0.29) is 5.56 Å². The Labute approximate surface area is 208 Å². The third-order valence-electron chi connectivity index (χ3n) is 7.02. The summed E-state index contributed by atoms with van der Waals surface area (Å²) in [5.74, 6) is 0.787. The number of nitrogens with one attached hydrogen (secondary N) is 1. The van der Waals surface area contributed by atoms with E-state index in [4.69, 9.17) is 9.72 Å². The van der Waals surface area contributed by atoms with Crippen LogP contribution in [0.25, 0.3) is 21.0 Å². The molecule has 0 saturated carbocycles. The molecule has 0 fully saturated rings. The second kappa shape index (κ2) is 9.29. The molecule has 1 atom stereocenters. The van der Waals surface area contributed by atoms with Gasteiger partial charge in [0.1, 0.15) is 10.6 Å². The highest BCUT2D eigenvalue weighted by molar-refractivity contribution is 7.18. The molecule has 2 aromatic heterocycles. The van der Waals surface area contributed by atoms with Crippen molar-refractivity contribution in [2.24, 2.45) is 0 Å². The number of benzene rings is 3. The molecule has 176 valence electrons. The maximum absolute atomic E-state index is 13.7. The van der Waals surface area contributed by atoms with Crippen LogP contribution in [-0.4, -0.2) is 22.7 Å². The minimum Gasteiger partial charge on any atom is -0.496 e. The standard InChI is InChI=1S/C29H27N3O2S/c1-34-25-14-11-20-9-5-6-10-22(20)24(25)17-32-18-31-28-27(29(32)33)23-13-12-21(15-26(23)35-28)30-16-19-7-3-2-4-8-19/h2-11,14,18,21,30H,12-13,15-17H2,1H3. The number of rotatable bonds is 6. The molecular weight excluding hydrogens is 454 g/mol. The second-order valence-electron chi connectivity index (χ2n) is 9.14. The van der Waals surface area contributed by atoms with Gasteiger partial charge in [0, 0.05) is 23.0 Å². The van der Waals surface area contributed by atoms with Crippen LogP contribution in [0.15, 0.2) is 77.9 Å². The average molecular weight is 482 g/mol. The van der Waals surface area contributed by atoms with E-state index in [1.807, 2.05) is 24.3 Å². The summed E-state index contributed by atoms with van der Waals surface area (Å²) in [5, 5.41) is 6.73. The van der Waals surface area contributed by atoms with E-state index in [0.29, 0.717) is 12.6 Å². The largest absolute Gasteiger partial charge is 0.496 e. The highest BCUT2D eigenvalue weighted by Crippen LogP contribution is 2.34. The normalized spacial score (nSPS) is 15.4. The molecule has 0 bridgehead atoms. The van der Waals surface area contributed by atoms with Crippen LogP contribution in [0, 0.1) is 0 Å². The van der Waals surface area contributed by atoms with Gasteiger partial charge in [0.05, 0.1) is 25.4 Å². The molecular formula is C29H27N3O2S. The van der Waals surface area contributed by atoms with Gasteiger partial charge in [-0.25, -0.2) is 4.98 Å². The summed E-state index contributed by atoms with van der Waals surface area (Å²) in [7, 11) is 1.68. The van der Waals surface area contributed by atoms with Crippen molar-refractivity contribution in [3.8, 4) is 5.75 Å². The van der Waals surface area contributed by atoms with Gasteiger partial charge in [-0.1, -0.05) is 60.7 Å². The Kier molecular flexibility index (Phi) is 5.84. The lowest BCUT2D eigenvalue weighted by Gasteiger charge is -2.23. The molecule has 0 amide bonds. The SMILES string of the molecule is COc1ccc2ccccc2c1Cn1cnc2sc3c(c2c1=O)CCC(NCc1ccccc1)C3. The van der Waals surface area contributed by atoms with Crippen molar-refractivity contribution in [2.75, 3.05) is 7.11 Å². The smallest absolute Gasteiger partial charge is 0.262 e. The Hall–Kier alpha value is -3.48. The van der Waals surface area contributed by atoms with Gasteiger partial charge in [0.15, 0.2) is 0 Å². The van der Waals surface area contributed by atoms with E-state index in [9.17, 15) is 4.79 Å². The summed E-state index contributed by atoms with van der Waals surface area (Å²) in [4.78, 5) is 20.5. The molecule has 1 unspecified atom stereocenters. The van der Waals surface area contributed by atoms with Gasteiger partial charge in [-0.05, 0) is 47.2 Å². The zero-order valence-corrected chi connectivity index (χ0v) is 20.5. The first-order valence-electron chi connectivity index (χ1n) is 12.0. The highest BCUT2D eigenvalue weighted by Gasteiger charge is 2.25. The van der Waals surface area contributed by atoms with Crippen LogP contribution in [0.3, 0.4) is 0 Å². The molecule has 2 heterocycles. The fraction of sp³-hybridized carbons (Fsp3) is 0.241. The number of aromatic nitrogens is 2. The van der Waals surface area contributed by atoms with Gasteiger partial charge in [-0.2, -0.15) is 0 Å². The van der Waals surface area contributed by atoms with Gasteiger partial charge in [-0.15, -0.1) is 11.3 Å². The van der Waals surface area contributed by atoms with Crippen LogP contribution in [0.4, 0.5) is 0 Å². The summed E-state index contributed by atoms with van der Waals surface area (Å²) >= 11 is 1.68. The van der Waals surface area contributed by atoms with Crippen molar-refractivity contribution in [2.45, 2.75) is 38.4 Å². The zero-order chi connectivity index (χ0) is 23.8. The molecule has 0 aliphatic heterocycles. The predicted octanol–water partition coefficient (Wildman–Crippen LogP) is 5.32. The van der Waals surface area contributed by atoms with E-state index < -0.39 is 0 Å². The minimum atomic E-state index is 0.0400. The number of thiophene rings is 1. The molecule has 1 aliphatic rings. The van der Waals surface area contributed by atoms with Crippen LogP contribution >= 0.6 is 11.3 Å². The van der Waals surface area contributed by atoms with Gasteiger partial charge in [0.2, 0.25) is 0 Å². The number of hydrogen-bond donors (Lipinski definition) is 1. The zero-order valence-electron chi connectivity index (χ0n) is 19.7. The number of fused-ring (bicyclic) bond motifs is 4. The van der Waals surface area contributed by atoms with Crippen LogP contribution < -0.4 is 15.6 Å². The number of nitrogens with zero attached hydrogens (tertiary/aromatic N) is 2. The Morgan fingerprint density at radius 2 is 1.91 bits per heavy atom. The van der Waals surface area contributed by atoms with Gasteiger partial charge in [0.25, 0.3) is 5.56 Å². The average Bonchev–Trinajstić information content (AvgIpc) is 3.28. The third-order valence-corrected chi connectivity index (χ3v) is 8.18. The minimum absolute atomic E-state index is 0.0400. The number of ether oxygens (including phenoxy) is 1. The monoisotopic (exact) mass is 481 g/mol. The highest BCUT2D eigenvalue weighted by atomic mass is 32.1. The van der Waals surface area contributed by atoms with E-state index in [0.717, 1.165) is 58.1 Å². The molecule has 35 heavy (non-hydrogen) atoms. The molecule has 0 radical (unpaired) electrons. The number of aryl methyl sites for hydroxylation is 1. The summed E-state index contributed by atoms with van der Waals surface area (Å²) in [6.07, 6.45) is 4.57. The van der Waals surface area contributed by atoms with Crippen molar-refractivity contribution < 1.29 is 4.74 Å². The molecule has 0 spiro atoms. The number of methoxy groups -OCH3 is 1. The second-order valence-corrected chi connectivity index (χ2v) is 10.2. The Bertz CT molecular complexity index is 1570. The van der Waals surface area contributed by atoms with E-state index >= 15 is 0 Å². The molecule has 5 nitrogen and oxygen atoms in total. The Morgan fingerprint density at radius 1 is 1.09 bits per heavy atom. The molecule has 3 aromatic carbocycles. The molecule has 5 aromatic rings. The molecule has 1 N–H and O–H groups in total. The van der Waals surface area contributed by atoms with Gasteiger partial charge in [-0.3, -0.25) is 9.36 Å². The molecule has 1 aliphatic carbocycles. The first-order chi connectivity index (χ1) is 17.2. The van der Waals surface area contributed by atoms with Crippen LogP contribution in [-0.2, 0) is 25.9 Å². The summed E-state index contributed by atoms with van der Waals surface area (Å²) < 4.78 is 7.39. The molecule has 0 saturated heterocycles. The lowest BCUT2D eigenvalue weighted by molar-refractivity contribution is 0.409. The molecule has 6 rings (SSSR count). The summed E-state index contributed by atoms with van der Waals surface area (Å²) in [6.45, 7) is 1.29. The van der Waals surface area contributed by atoms with E-state index in [2.05, 4.69) is 47.8 Å². The van der Waals surface area contributed by atoms with Crippen molar-refractivity contribution in [3.63, 3.8) is 0 Å². The van der Waals surface area contributed by atoms with Crippen molar-refractivity contribution in [3.05, 3.63) is 105 Å². The Balaban J connectivity index is 1.31. The van der Waals surface area contributed by atoms with Gasteiger partial charge < -0.3 is 10.1 Å². The van der Waals surface area contributed by atoms with Gasteiger partial charge >= 0.3 is 0 Å². The van der Waals surface area contributed by atoms with Crippen molar-refractivity contribution >= 4 is 32.3 Å². The van der Waals surface area contributed by atoms with Crippen LogP contribution in [0.2, 0.25) is 0 Å². The van der Waals surface area contributed by atoms with Crippen LogP contribution in [0.5, 0.6) is 5.75 Å². The fourth-order valence-electron chi connectivity index (χ4n) is 5.19. The first kappa shape index (κ1) is 22.0. The number of hydrogen-bond acceptors (Lipinski definition) is 5.